The van der Waals surface area contributed by atoms with Crippen LogP contribution in [-0.4, -0.2) is 52.3 Å². The summed E-state index contributed by atoms with van der Waals surface area (Å²) in [5.74, 6) is 0.651. The lowest BCUT2D eigenvalue weighted by Crippen LogP contribution is -2.39. The number of thiazole rings is 1. The van der Waals surface area contributed by atoms with Gasteiger partial charge in [-0.25, -0.2) is 9.67 Å². The second-order valence-electron chi connectivity index (χ2n) is 7.21. The van der Waals surface area contributed by atoms with E-state index in [1.54, 1.807) is 16.7 Å². The van der Waals surface area contributed by atoms with Crippen molar-refractivity contribution in [3.63, 3.8) is 0 Å². The van der Waals surface area contributed by atoms with Gasteiger partial charge >= 0.3 is 0 Å². The van der Waals surface area contributed by atoms with Crippen molar-refractivity contribution in [1.82, 2.24) is 20.0 Å². The van der Waals surface area contributed by atoms with Gasteiger partial charge in [0.15, 0.2) is 5.13 Å². The Kier molecular flexibility index (Phi) is 5.06. The molecule has 1 fully saturated rings. The van der Waals surface area contributed by atoms with Gasteiger partial charge < -0.3 is 9.47 Å². The molecule has 1 atom stereocenters. The maximum atomic E-state index is 13.4. The van der Waals surface area contributed by atoms with Gasteiger partial charge in [0, 0.05) is 12.7 Å². The summed E-state index contributed by atoms with van der Waals surface area (Å²) in [7, 11) is 1.63. The molecule has 9 heteroatoms. The Bertz CT molecular complexity index is 1200. The van der Waals surface area contributed by atoms with Crippen molar-refractivity contribution in [3.8, 4) is 5.75 Å². The maximum Gasteiger partial charge on any atom is 0.250 e. The van der Waals surface area contributed by atoms with E-state index in [1.807, 2.05) is 42.5 Å². The first-order valence-electron chi connectivity index (χ1n) is 9.86. The number of aromatic nitrogens is 4. The number of rotatable bonds is 6. The molecule has 0 aliphatic carbocycles. The van der Waals surface area contributed by atoms with E-state index in [2.05, 4.69) is 10.3 Å². The van der Waals surface area contributed by atoms with Crippen molar-refractivity contribution >= 4 is 43.6 Å². The van der Waals surface area contributed by atoms with Crippen LogP contribution in [0.2, 0.25) is 0 Å². The van der Waals surface area contributed by atoms with E-state index < -0.39 is 0 Å². The number of amides is 1. The summed E-state index contributed by atoms with van der Waals surface area (Å²) in [6.07, 6.45) is 1.97. The van der Waals surface area contributed by atoms with Crippen LogP contribution in [0.5, 0.6) is 5.75 Å². The number of fused-ring (bicyclic) bond motifs is 2. The fraction of sp³-hybridized carbons (Fsp3) is 0.333. The minimum Gasteiger partial charge on any atom is -0.497 e. The average molecular weight is 423 g/mol. The maximum absolute atomic E-state index is 13.4. The molecule has 8 nitrogen and oxygen atoms in total. The number of hydrogen-bond acceptors (Lipinski definition) is 7. The number of carbonyl (C=O) groups excluding carboxylic acids is 1. The molecule has 4 aromatic rings. The molecule has 1 amide bonds. The van der Waals surface area contributed by atoms with E-state index in [9.17, 15) is 4.79 Å². The van der Waals surface area contributed by atoms with E-state index in [4.69, 9.17) is 14.5 Å². The summed E-state index contributed by atoms with van der Waals surface area (Å²) in [5, 5.41) is 8.97. The number of hydrogen-bond donors (Lipinski definition) is 0. The highest BCUT2D eigenvalue weighted by Gasteiger charge is 2.27. The first-order valence-corrected chi connectivity index (χ1v) is 10.7. The van der Waals surface area contributed by atoms with Gasteiger partial charge in [0.05, 0.1) is 35.5 Å². The van der Waals surface area contributed by atoms with Gasteiger partial charge in [-0.1, -0.05) is 28.7 Å². The zero-order valence-corrected chi connectivity index (χ0v) is 17.3. The Morgan fingerprint density at radius 1 is 1.30 bits per heavy atom. The molecule has 1 aliphatic heterocycles. The molecule has 2 aromatic heterocycles. The smallest absolute Gasteiger partial charge is 0.250 e. The predicted molar refractivity (Wildman–Crippen MR) is 115 cm³/mol. The minimum absolute atomic E-state index is 0.0167. The largest absolute Gasteiger partial charge is 0.497 e. The first kappa shape index (κ1) is 19.0. The quantitative estimate of drug-likeness (QED) is 0.473. The number of anilines is 1. The fourth-order valence-corrected chi connectivity index (χ4v) is 4.64. The molecular weight excluding hydrogens is 402 g/mol. The summed E-state index contributed by atoms with van der Waals surface area (Å²) < 4.78 is 13.7. The van der Waals surface area contributed by atoms with Gasteiger partial charge in [-0.15, -0.1) is 5.10 Å². The molecule has 0 saturated carbocycles. The molecule has 30 heavy (non-hydrogen) atoms. The number of ether oxygens (including phenoxy) is 2. The molecule has 154 valence electrons. The summed E-state index contributed by atoms with van der Waals surface area (Å²) in [6.45, 7) is 1.30. The molecule has 0 bridgehead atoms. The van der Waals surface area contributed by atoms with Crippen LogP contribution in [0.15, 0.2) is 42.5 Å². The van der Waals surface area contributed by atoms with Gasteiger partial charge in [-0.05, 0) is 37.1 Å². The molecule has 1 unspecified atom stereocenters. The van der Waals surface area contributed by atoms with Crippen molar-refractivity contribution < 1.29 is 14.3 Å². The van der Waals surface area contributed by atoms with Crippen LogP contribution in [-0.2, 0) is 16.1 Å². The van der Waals surface area contributed by atoms with Gasteiger partial charge in [0.1, 0.15) is 17.8 Å². The van der Waals surface area contributed by atoms with Crippen LogP contribution >= 0.6 is 11.3 Å². The number of methoxy groups -OCH3 is 1. The lowest BCUT2D eigenvalue weighted by Gasteiger charge is -2.23. The van der Waals surface area contributed by atoms with Crippen molar-refractivity contribution in [2.75, 3.05) is 25.2 Å². The normalized spacial score (nSPS) is 16.4. The van der Waals surface area contributed by atoms with Crippen molar-refractivity contribution in [1.29, 1.82) is 0 Å². The number of carbonyl (C=O) groups is 1. The monoisotopic (exact) mass is 423 g/mol. The predicted octanol–water partition coefficient (Wildman–Crippen LogP) is 3.26. The lowest BCUT2D eigenvalue weighted by atomic mass is 10.2. The molecule has 0 N–H and O–H groups in total. The van der Waals surface area contributed by atoms with E-state index in [0.717, 1.165) is 46.4 Å². The molecule has 3 heterocycles. The summed E-state index contributed by atoms with van der Waals surface area (Å²) >= 11 is 1.49. The summed E-state index contributed by atoms with van der Waals surface area (Å²) in [5.41, 5.74) is 2.41. The first-order chi connectivity index (χ1) is 14.7. The van der Waals surface area contributed by atoms with Crippen molar-refractivity contribution in [2.24, 2.45) is 0 Å². The summed E-state index contributed by atoms with van der Waals surface area (Å²) in [6, 6.07) is 13.4. The van der Waals surface area contributed by atoms with Crippen LogP contribution in [0.25, 0.3) is 21.3 Å². The highest BCUT2D eigenvalue weighted by Crippen LogP contribution is 2.32. The molecular formula is C21H21N5O3S. The lowest BCUT2D eigenvalue weighted by molar-refractivity contribution is -0.119. The fourth-order valence-electron chi connectivity index (χ4n) is 3.66. The number of para-hydroxylation sites is 1. The Morgan fingerprint density at radius 2 is 2.20 bits per heavy atom. The molecule has 0 radical (unpaired) electrons. The molecule has 0 spiro atoms. The average Bonchev–Trinajstić information content (AvgIpc) is 3.51. The molecule has 5 rings (SSSR count). The third kappa shape index (κ3) is 3.61. The van der Waals surface area contributed by atoms with Gasteiger partial charge in [0.25, 0.3) is 5.91 Å². The summed E-state index contributed by atoms with van der Waals surface area (Å²) in [4.78, 5) is 19.8. The highest BCUT2D eigenvalue weighted by atomic mass is 32.1. The molecule has 2 aromatic carbocycles. The second kappa shape index (κ2) is 8.00. The van der Waals surface area contributed by atoms with Crippen LogP contribution in [0.4, 0.5) is 5.13 Å². The van der Waals surface area contributed by atoms with E-state index >= 15 is 0 Å². The Morgan fingerprint density at radius 3 is 3.03 bits per heavy atom. The molecule has 1 aliphatic rings. The van der Waals surface area contributed by atoms with E-state index in [1.165, 1.54) is 11.3 Å². The van der Waals surface area contributed by atoms with Crippen LogP contribution in [0.3, 0.4) is 0 Å². The van der Waals surface area contributed by atoms with E-state index in [-0.39, 0.29) is 18.6 Å². The van der Waals surface area contributed by atoms with Crippen LogP contribution < -0.4 is 9.64 Å². The third-order valence-electron chi connectivity index (χ3n) is 5.23. The third-order valence-corrected chi connectivity index (χ3v) is 6.29. The SMILES string of the molecule is COc1ccc2sc(N(CC3CCCO3)C(=O)Cn3nnc4ccccc43)nc2c1. The Hall–Kier alpha value is -3.04. The van der Waals surface area contributed by atoms with Gasteiger partial charge in [-0.3, -0.25) is 9.69 Å². The Balaban J connectivity index is 1.47. The molecule has 1 saturated heterocycles. The standard InChI is InChI=1S/C21H21N5O3S/c1-28-14-8-9-19-17(11-14)22-21(30-19)25(12-15-5-4-10-29-15)20(27)13-26-18-7-3-2-6-16(18)23-24-26/h2-3,6-9,11,15H,4-5,10,12-13H2,1H3. The second-order valence-corrected chi connectivity index (χ2v) is 8.21. The van der Waals surface area contributed by atoms with Crippen molar-refractivity contribution in [3.05, 3.63) is 42.5 Å². The number of nitrogens with zero attached hydrogens (tertiary/aromatic N) is 5. The van der Waals surface area contributed by atoms with Crippen molar-refractivity contribution in [2.45, 2.75) is 25.5 Å². The number of benzene rings is 2. The van der Waals surface area contributed by atoms with Crippen LogP contribution in [0, 0.1) is 0 Å². The van der Waals surface area contributed by atoms with Gasteiger partial charge in [-0.2, -0.15) is 0 Å². The minimum atomic E-state index is -0.0906. The highest BCUT2D eigenvalue weighted by molar-refractivity contribution is 7.22. The zero-order valence-electron chi connectivity index (χ0n) is 16.5. The van der Waals surface area contributed by atoms with E-state index in [0.29, 0.717) is 11.7 Å². The Labute approximate surface area is 177 Å². The zero-order chi connectivity index (χ0) is 20.5. The van der Waals surface area contributed by atoms with Gasteiger partial charge in [0.2, 0.25) is 0 Å². The van der Waals surface area contributed by atoms with Crippen LogP contribution in [0.1, 0.15) is 12.8 Å². The topological polar surface area (TPSA) is 82.4 Å².